The summed E-state index contributed by atoms with van der Waals surface area (Å²) >= 11 is 0. The van der Waals surface area contributed by atoms with Crippen LogP contribution < -0.4 is 5.32 Å². The molecule has 21 heavy (non-hydrogen) atoms. The number of aliphatic hydroxyl groups excluding tert-OH is 1. The van der Waals surface area contributed by atoms with Gasteiger partial charge in [-0.25, -0.2) is 4.79 Å². The summed E-state index contributed by atoms with van der Waals surface area (Å²) in [6.07, 6.45) is -1.51. The maximum absolute atomic E-state index is 12.2. The van der Waals surface area contributed by atoms with Gasteiger partial charge in [-0.3, -0.25) is 9.78 Å². The van der Waals surface area contributed by atoms with E-state index in [4.69, 9.17) is 10.2 Å². The van der Waals surface area contributed by atoms with E-state index in [-0.39, 0.29) is 18.9 Å². The van der Waals surface area contributed by atoms with Crippen molar-refractivity contribution in [2.45, 2.75) is 19.4 Å². The van der Waals surface area contributed by atoms with Gasteiger partial charge in [-0.15, -0.1) is 0 Å². The predicted molar refractivity (Wildman–Crippen MR) is 77.1 cm³/mol. The molecule has 6 heteroatoms. The molecule has 0 fully saturated rings. The number of rotatable bonds is 5. The molecule has 110 valence electrons. The molecule has 0 radical (unpaired) electrons. The average Bonchev–Trinajstić information content (AvgIpc) is 2.45. The highest BCUT2D eigenvalue weighted by atomic mass is 16.4. The summed E-state index contributed by atoms with van der Waals surface area (Å²) in [7, 11) is 0. The highest BCUT2D eigenvalue weighted by Gasteiger charge is 2.15. The third-order valence-corrected chi connectivity index (χ3v) is 3.08. The van der Waals surface area contributed by atoms with Gasteiger partial charge in [-0.05, 0) is 19.1 Å². The molecule has 0 spiro atoms. The Kier molecular flexibility index (Phi) is 4.49. The molecule has 0 aliphatic rings. The van der Waals surface area contributed by atoms with Gasteiger partial charge >= 0.3 is 5.97 Å². The van der Waals surface area contributed by atoms with Crippen molar-refractivity contribution in [1.29, 1.82) is 0 Å². The number of hydrogen-bond donors (Lipinski definition) is 3. The van der Waals surface area contributed by atoms with Crippen LogP contribution in [-0.2, 0) is 4.79 Å². The van der Waals surface area contributed by atoms with E-state index in [1.807, 2.05) is 24.3 Å². The lowest BCUT2D eigenvalue weighted by molar-refractivity contribution is -0.146. The molecule has 3 N–H and O–H groups in total. The second-order valence-corrected chi connectivity index (χ2v) is 4.73. The van der Waals surface area contributed by atoms with Crippen molar-refractivity contribution < 1.29 is 19.8 Å². The highest BCUT2D eigenvalue weighted by molar-refractivity contribution is 6.06. The van der Waals surface area contributed by atoms with Gasteiger partial charge in [-0.2, -0.15) is 0 Å². The molecule has 1 amide bonds. The Labute approximate surface area is 121 Å². The van der Waals surface area contributed by atoms with Gasteiger partial charge in [0.25, 0.3) is 5.91 Å². The van der Waals surface area contributed by atoms with Gasteiger partial charge in [0.1, 0.15) is 0 Å². The molecule has 0 saturated carbocycles. The van der Waals surface area contributed by atoms with Crippen LogP contribution in [0.1, 0.15) is 22.5 Å². The molecule has 1 heterocycles. The Balaban J connectivity index is 2.14. The SMILES string of the molecule is Cc1cc(C(=O)NCC[C@H](O)C(=O)O)c2ccccc2n1. The van der Waals surface area contributed by atoms with E-state index in [2.05, 4.69) is 10.3 Å². The van der Waals surface area contributed by atoms with E-state index >= 15 is 0 Å². The summed E-state index contributed by atoms with van der Waals surface area (Å²) in [4.78, 5) is 27.0. The molecule has 1 aromatic heterocycles. The number of hydrogen-bond acceptors (Lipinski definition) is 4. The molecular formula is C15H16N2O4. The predicted octanol–water partition coefficient (Wildman–Crippen LogP) is 1.11. The summed E-state index contributed by atoms with van der Waals surface area (Å²) in [6.45, 7) is 1.89. The number of fused-ring (bicyclic) bond motifs is 1. The first-order chi connectivity index (χ1) is 9.99. The largest absolute Gasteiger partial charge is 0.479 e. The molecule has 0 saturated heterocycles. The van der Waals surface area contributed by atoms with Crippen LogP contribution in [0.4, 0.5) is 0 Å². The minimum atomic E-state index is -1.47. The van der Waals surface area contributed by atoms with Crippen LogP contribution in [0.3, 0.4) is 0 Å². The van der Waals surface area contributed by atoms with Crippen molar-refractivity contribution in [2.24, 2.45) is 0 Å². The smallest absolute Gasteiger partial charge is 0.332 e. The van der Waals surface area contributed by atoms with Crippen LogP contribution in [-0.4, -0.2) is 39.7 Å². The van der Waals surface area contributed by atoms with Gasteiger partial charge in [0, 0.05) is 24.0 Å². The number of carboxylic acids is 1. The topological polar surface area (TPSA) is 99.5 Å². The number of pyridine rings is 1. The van der Waals surface area contributed by atoms with Gasteiger partial charge in [0.05, 0.1) is 11.1 Å². The fourth-order valence-electron chi connectivity index (χ4n) is 2.04. The van der Waals surface area contributed by atoms with E-state index in [0.29, 0.717) is 5.56 Å². The van der Waals surface area contributed by atoms with Gasteiger partial charge in [0.2, 0.25) is 0 Å². The fraction of sp³-hybridized carbons (Fsp3) is 0.267. The number of carbonyl (C=O) groups is 2. The summed E-state index contributed by atoms with van der Waals surface area (Å²) in [6, 6.07) is 8.99. The molecule has 1 aromatic carbocycles. The van der Waals surface area contributed by atoms with Crippen LogP contribution in [0.2, 0.25) is 0 Å². The van der Waals surface area contributed by atoms with Crippen molar-refractivity contribution in [2.75, 3.05) is 6.54 Å². The van der Waals surface area contributed by atoms with Crippen molar-refractivity contribution >= 4 is 22.8 Å². The Morgan fingerprint density at radius 1 is 1.33 bits per heavy atom. The standard InChI is InChI=1S/C15H16N2O4/c1-9-8-11(10-4-2-3-5-12(10)17-9)14(19)16-7-6-13(18)15(20)21/h2-5,8,13,18H,6-7H2,1H3,(H,16,19)(H,20,21)/t13-/m0/s1. The number of aliphatic hydroxyl groups is 1. The van der Waals surface area contributed by atoms with Crippen LogP contribution in [0.25, 0.3) is 10.9 Å². The second-order valence-electron chi connectivity index (χ2n) is 4.73. The van der Waals surface area contributed by atoms with Crippen LogP contribution in [0, 0.1) is 6.92 Å². The summed E-state index contributed by atoms with van der Waals surface area (Å²) in [5.74, 6) is -1.61. The van der Waals surface area contributed by atoms with Crippen molar-refractivity contribution in [1.82, 2.24) is 10.3 Å². The number of aliphatic carboxylic acids is 1. The lowest BCUT2D eigenvalue weighted by Crippen LogP contribution is -2.30. The second kappa shape index (κ2) is 6.32. The number of aromatic nitrogens is 1. The minimum absolute atomic E-state index is 0.0386. The third-order valence-electron chi connectivity index (χ3n) is 3.08. The number of benzene rings is 1. The zero-order valence-corrected chi connectivity index (χ0v) is 11.5. The first-order valence-electron chi connectivity index (χ1n) is 6.54. The Morgan fingerprint density at radius 2 is 2.05 bits per heavy atom. The molecule has 2 rings (SSSR count). The number of amides is 1. The van der Waals surface area contributed by atoms with Crippen molar-refractivity contribution in [3.8, 4) is 0 Å². The Bertz CT molecular complexity index is 684. The van der Waals surface area contributed by atoms with Crippen LogP contribution in [0.5, 0.6) is 0 Å². The average molecular weight is 288 g/mol. The van der Waals surface area contributed by atoms with E-state index < -0.39 is 12.1 Å². The first-order valence-corrected chi connectivity index (χ1v) is 6.54. The Hall–Kier alpha value is -2.47. The molecule has 1 atom stereocenters. The monoisotopic (exact) mass is 288 g/mol. The lowest BCUT2D eigenvalue weighted by Gasteiger charge is -2.10. The lowest BCUT2D eigenvalue weighted by atomic mass is 10.1. The maximum atomic E-state index is 12.2. The van der Waals surface area contributed by atoms with E-state index in [0.717, 1.165) is 16.6 Å². The highest BCUT2D eigenvalue weighted by Crippen LogP contribution is 2.18. The van der Waals surface area contributed by atoms with Gasteiger partial charge < -0.3 is 15.5 Å². The molecule has 0 unspecified atom stereocenters. The molecule has 0 aliphatic carbocycles. The first kappa shape index (κ1) is 14.9. The zero-order chi connectivity index (χ0) is 15.4. The van der Waals surface area contributed by atoms with E-state index in [9.17, 15) is 9.59 Å². The van der Waals surface area contributed by atoms with Crippen molar-refractivity contribution in [3.63, 3.8) is 0 Å². The summed E-state index contributed by atoms with van der Waals surface area (Å²) < 4.78 is 0. The zero-order valence-electron chi connectivity index (χ0n) is 11.5. The van der Waals surface area contributed by atoms with Gasteiger partial charge in [0.15, 0.2) is 6.10 Å². The third kappa shape index (κ3) is 3.55. The summed E-state index contributed by atoms with van der Waals surface area (Å²) in [5, 5.41) is 21.1. The molecular weight excluding hydrogens is 272 g/mol. The van der Waals surface area contributed by atoms with Gasteiger partial charge in [-0.1, -0.05) is 18.2 Å². The number of nitrogens with zero attached hydrogens (tertiary/aromatic N) is 1. The fourth-order valence-corrected chi connectivity index (χ4v) is 2.04. The number of nitrogens with one attached hydrogen (secondary N) is 1. The number of carbonyl (C=O) groups excluding carboxylic acids is 1. The number of para-hydroxylation sites is 1. The number of carboxylic acid groups (broad SMARTS) is 1. The van der Waals surface area contributed by atoms with E-state index in [1.165, 1.54) is 0 Å². The Morgan fingerprint density at radius 3 is 2.76 bits per heavy atom. The van der Waals surface area contributed by atoms with Crippen molar-refractivity contribution in [3.05, 3.63) is 41.6 Å². The normalized spacial score (nSPS) is 12.1. The molecule has 2 aromatic rings. The molecule has 6 nitrogen and oxygen atoms in total. The number of aryl methyl sites for hydroxylation is 1. The maximum Gasteiger partial charge on any atom is 0.332 e. The van der Waals surface area contributed by atoms with E-state index in [1.54, 1.807) is 13.0 Å². The molecule has 0 bridgehead atoms. The minimum Gasteiger partial charge on any atom is -0.479 e. The molecule has 0 aliphatic heterocycles. The quantitative estimate of drug-likeness (QED) is 0.765. The summed E-state index contributed by atoms with van der Waals surface area (Å²) in [5.41, 5.74) is 1.94. The van der Waals surface area contributed by atoms with Crippen LogP contribution in [0.15, 0.2) is 30.3 Å². The van der Waals surface area contributed by atoms with Crippen LogP contribution >= 0.6 is 0 Å².